The summed E-state index contributed by atoms with van der Waals surface area (Å²) in [7, 11) is 0. The number of aromatic nitrogens is 3. The van der Waals surface area contributed by atoms with E-state index in [2.05, 4.69) is 10.1 Å². The van der Waals surface area contributed by atoms with Crippen molar-refractivity contribution in [1.82, 2.24) is 14.8 Å². The first-order valence-electron chi connectivity index (χ1n) is 4.52. The van der Waals surface area contributed by atoms with Gasteiger partial charge in [0, 0.05) is 5.38 Å². The lowest BCUT2D eigenvalue weighted by Crippen LogP contribution is -2.03. The van der Waals surface area contributed by atoms with Crippen LogP contribution in [-0.2, 0) is 6.54 Å². The third-order valence-corrected chi connectivity index (χ3v) is 3.08. The lowest BCUT2D eigenvalue weighted by atomic mass is 10.5. The highest BCUT2D eigenvalue weighted by atomic mass is 35.5. The number of halogens is 1. The fourth-order valence-electron chi connectivity index (χ4n) is 1.24. The minimum atomic E-state index is -1.12. The molecular formula is C8H5ClN4O4S. The first kappa shape index (κ1) is 12.5. The molecule has 18 heavy (non-hydrogen) atoms. The van der Waals surface area contributed by atoms with Gasteiger partial charge in [0.2, 0.25) is 5.01 Å². The van der Waals surface area contributed by atoms with Crippen LogP contribution in [-0.4, -0.2) is 30.8 Å². The molecule has 2 aromatic rings. The number of carboxylic acids is 1. The van der Waals surface area contributed by atoms with Crippen molar-refractivity contribution in [2.24, 2.45) is 0 Å². The predicted octanol–water partition coefficient (Wildman–Crippen LogP) is 1.65. The molecule has 0 radical (unpaired) electrons. The predicted molar refractivity (Wildman–Crippen MR) is 62.1 cm³/mol. The molecule has 2 aromatic heterocycles. The smallest absolute Gasteiger partial charge is 0.408 e. The largest absolute Gasteiger partial charge is 0.476 e. The van der Waals surface area contributed by atoms with E-state index in [1.54, 1.807) is 5.38 Å². The quantitative estimate of drug-likeness (QED) is 0.676. The summed E-state index contributed by atoms with van der Waals surface area (Å²) >= 11 is 6.60. The zero-order chi connectivity index (χ0) is 13.3. The molecule has 0 unspecified atom stereocenters. The Morgan fingerprint density at radius 1 is 1.67 bits per heavy atom. The molecule has 0 saturated carbocycles. The van der Waals surface area contributed by atoms with Crippen LogP contribution in [0.3, 0.4) is 0 Å². The Hall–Kier alpha value is -2.00. The van der Waals surface area contributed by atoms with Gasteiger partial charge < -0.3 is 15.2 Å². The van der Waals surface area contributed by atoms with Crippen LogP contribution in [0.1, 0.15) is 15.5 Å². The molecule has 0 bridgehead atoms. The Morgan fingerprint density at radius 2 is 2.39 bits per heavy atom. The van der Waals surface area contributed by atoms with Gasteiger partial charge in [-0.3, -0.25) is 0 Å². The molecule has 8 nitrogen and oxygen atoms in total. The number of thiazole rings is 1. The van der Waals surface area contributed by atoms with E-state index in [-0.39, 0.29) is 16.6 Å². The van der Waals surface area contributed by atoms with Gasteiger partial charge in [-0.15, -0.1) is 11.3 Å². The van der Waals surface area contributed by atoms with Crippen molar-refractivity contribution < 1.29 is 14.8 Å². The highest BCUT2D eigenvalue weighted by Gasteiger charge is 2.19. The molecule has 0 amide bonds. The Bertz CT molecular complexity index is 622. The topological polar surface area (TPSA) is 111 Å². The van der Waals surface area contributed by atoms with Gasteiger partial charge in [-0.25, -0.2) is 9.78 Å². The van der Waals surface area contributed by atoms with E-state index in [1.165, 1.54) is 10.9 Å². The van der Waals surface area contributed by atoms with Gasteiger partial charge in [0.15, 0.2) is 5.02 Å². The second kappa shape index (κ2) is 4.70. The molecule has 0 fully saturated rings. The third-order valence-electron chi connectivity index (χ3n) is 1.93. The molecule has 1 N–H and O–H groups in total. The SMILES string of the molecule is O=C(O)c1nc(Cn2cc(Cl)c([N+](=O)[O-])n2)cs1. The number of aromatic carboxylic acids is 1. The number of hydrogen-bond acceptors (Lipinski definition) is 6. The standard InChI is InChI=1S/C8H5ClN4O4S/c9-5-2-12(11-6(5)13(16)17)1-4-3-18-7(10-4)8(14)15/h2-3H,1H2,(H,14,15). The van der Waals surface area contributed by atoms with Crippen molar-refractivity contribution >= 4 is 34.7 Å². The molecule has 0 aromatic carbocycles. The monoisotopic (exact) mass is 288 g/mol. The van der Waals surface area contributed by atoms with E-state index in [0.717, 1.165) is 11.3 Å². The van der Waals surface area contributed by atoms with Crippen LogP contribution >= 0.6 is 22.9 Å². The van der Waals surface area contributed by atoms with Crippen molar-refractivity contribution in [1.29, 1.82) is 0 Å². The van der Waals surface area contributed by atoms with E-state index in [9.17, 15) is 14.9 Å². The van der Waals surface area contributed by atoms with Crippen LogP contribution in [0.25, 0.3) is 0 Å². The summed E-state index contributed by atoms with van der Waals surface area (Å²) in [5, 5.41) is 24.3. The van der Waals surface area contributed by atoms with E-state index < -0.39 is 16.7 Å². The zero-order valence-electron chi connectivity index (χ0n) is 8.61. The van der Waals surface area contributed by atoms with E-state index in [1.807, 2.05) is 0 Å². The highest BCUT2D eigenvalue weighted by molar-refractivity contribution is 7.11. The number of carbonyl (C=O) groups is 1. The van der Waals surface area contributed by atoms with Crippen molar-refractivity contribution in [3.8, 4) is 0 Å². The lowest BCUT2D eigenvalue weighted by molar-refractivity contribution is -0.389. The van der Waals surface area contributed by atoms with Crippen molar-refractivity contribution in [2.75, 3.05) is 0 Å². The lowest BCUT2D eigenvalue weighted by Gasteiger charge is -1.91. The van der Waals surface area contributed by atoms with Crippen LogP contribution in [0, 0.1) is 10.1 Å². The fourth-order valence-corrected chi connectivity index (χ4v) is 2.10. The summed E-state index contributed by atoms with van der Waals surface area (Å²) in [4.78, 5) is 24.3. The van der Waals surface area contributed by atoms with E-state index in [0.29, 0.717) is 5.69 Å². The molecule has 94 valence electrons. The van der Waals surface area contributed by atoms with Gasteiger partial charge >= 0.3 is 11.8 Å². The summed E-state index contributed by atoms with van der Waals surface area (Å²) in [6.45, 7) is 0.122. The third kappa shape index (κ3) is 2.46. The van der Waals surface area contributed by atoms with Crippen LogP contribution in [0.4, 0.5) is 5.82 Å². The summed E-state index contributed by atoms with van der Waals surface area (Å²) in [5.74, 6) is -1.55. The summed E-state index contributed by atoms with van der Waals surface area (Å²) in [6.07, 6.45) is 1.29. The molecule has 0 atom stereocenters. The second-order valence-electron chi connectivity index (χ2n) is 3.20. The summed E-state index contributed by atoms with van der Waals surface area (Å²) in [6, 6.07) is 0. The number of hydrogen-bond donors (Lipinski definition) is 1. The highest BCUT2D eigenvalue weighted by Crippen LogP contribution is 2.22. The van der Waals surface area contributed by atoms with Gasteiger partial charge in [0.25, 0.3) is 0 Å². The first-order chi connectivity index (χ1) is 8.47. The molecule has 0 saturated heterocycles. The van der Waals surface area contributed by atoms with Gasteiger partial charge in [-0.1, -0.05) is 11.6 Å². The molecule has 0 aliphatic carbocycles. The summed E-state index contributed by atoms with van der Waals surface area (Å²) < 4.78 is 1.24. The van der Waals surface area contributed by atoms with Crippen LogP contribution in [0.15, 0.2) is 11.6 Å². The van der Waals surface area contributed by atoms with E-state index >= 15 is 0 Å². The molecular weight excluding hydrogens is 284 g/mol. The van der Waals surface area contributed by atoms with Crippen LogP contribution < -0.4 is 0 Å². The first-order valence-corrected chi connectivity index (χ1v) is 5.78. The number of nitrogens with zero attached hydrogens (tertiary/aromatic N) is 4. The van der Waals surface area contributed by atoms with Gasteiger partial charge in [0.1, 0.15) is 6.54 Å². The van der Waals surface area contributed by atoms with Crippen LogP contribution in [0.2, 0.25) is 5.02 Å². The zero-order valence-corrected chi connectivity index (χ0v) is 10.2. The van der Waals surface area contributed by atoms with Gasteiger partial charge in [-0.05, 0) is 4.92 Å². The summed E-state index contributed by atoms with van der Waals surface area (Å²) in [5.41, 5.74) is 0.450. The maximum Gasteiger partial charge on any atom is 0.408 e. The minimum Gasteiger partial charge on any atom is -0.476 e. The van der Waals surface area contributed by atoms with Gasteiger partial charge in [-0.2, -0.15) is 4.68 Å². The average Bonchev–Trinajstić information content (AvgIpc) is 2.86. The molecule has 2 rings (SSSR count). The van der Waals surface area contributed by atoms with E-state index in [4.69, 9.17) is 16.7 Å². The number of carboxylic acid groups (broad SMARTS) is 1. The van der Waals surface area contributed by atoms with Crippen molar-refractivity contribution in [2.45, 2.75) is 6.54 Å². The molecule has 0 spiro atoms. The molecule has 0 aliphatic heterocycles. The normalized spacial score (nSPS) is 10.5. The second-order valence-corrected chi connectivity index (χ2v) is 4.47. The fraction of sp³-hybridized carbons (Fsp3) is 0.125. The Morgan fingerprint density at radius 3 is 2.89 bits per heavy atom. The Kier molecular flexibility index (Phi) is 3.26. The molecule has 0 aliphatic rings. The maximum atomic E-state index is 10.6. The number of nitro groups is 1. The van der Waals surface area contributed by atoms with Crippen molar-refractivity contribution in [3.63, 3.8) is 0 Å². The Labute approximate surface area is 109 Å². The maximum absolute atomic E-state index is 10.6. The number of rotatable bonds is 4. The van der Waals surface area contributed by atoms with Gasteiger partial charge in [0.05, 0.1) is 17.0 Å². The van der Waals surface area contributed by atoms with Crippen LogP contribution in [0.5, 0.6) is 0 Å². The minimum absolute atomic E-state index is 0.0437. The average molecular weight is 289 g/mol. The molecule has 2 heterocycles. The van der Waals surface area contributed by atoms with Crippen molar-refractivity contribution in [3.05, 3.63) is 37.4 Å². The molecule has 10 heteroatoms. The Balaban J connectivity index is 2.20.